The Kier molecular flexibility index (Phi) is 4.17. The van der Waals surface area contributed by atoms with Crippen LogP contribution in [-0.2, 0) is 17.1 Å². The van der Waals surface area contributed by atoms with Crippen molar-refractivity contribution in [3.63, 3.8) is 0 Å². The molecule has 8 heteroatoms. The molecule has 112 valence electrons. The number of hydrogen-bond acceptors (Lipinski definition) is 4. The van der Waals surface area contributed by atoms with Crippen molar-refractivity contribution >= 4 is 15.9 Å². The van der Waals surface area contributed by atoms with Gasteiger partial charge in [0.1, 0.15) is 10.6 Å². The molecule has 0 saturated heterocycles. The Bertz CT molecular complexity index is 608. The number of sulfonamides is 1. The quantitative estimate of drug-likeness (QED) is 0.684. The topological polar surface area (TPSA) is 114 Å². The van der Waals surface area contributed by atoms with E-state index < -0.39 is 15.9 Å². The lowest BCUT2D eigenvalue weighted by Crippen LogP contribution is -2.28. The fourth-order valence-corrected chi connectivity index (χ4v) is 3.66. The second kappa shape index (κ2) is 5.55. The van der Waals surface area contributed by atoms with Crippen LogP contribution in [-0.4, -0.2) is 36.6 Å². The maximum absolute atomic E-state index is 12.1. The molecule has 1 aromatic heterocycles. The number of aliphatic hydroxyl groups excluding tert-OH is 1. The molecule has 0 radical (unpaired) electrons. The number of carbonyl (C=O) groups excluding carboxylic acids is 1. The minimum Gasteiger partial charge on any atom is -0.393 e. The molecule has 0 aliphatic heterocycles. The second-order valence-electron chi connectivity index (χ2n) is 5.22. The number of primary amides is 1. The van der Waals surface area contributed by atoms with Crippen LogP contribution in [0, 0.1) is 5.92 Å². The van der Waals surface area contributed by atoms with Crippen molar-refractivity contribution in [3.05, 3.63) is 18.0 Å². The van der Waals surface area contributed by atoms with Crippen LogP contribution in [0.1, 0.15) is 29.8 Å². The van der Waals surface area contributed by atoms with E-state index in [1.165, 1.54) is 16.8 Å². The molecule has 7 nitrogen and oxygen atoms in total. The highest BCUT2D eigenvalue weighted by molar-refractivity contribution is 7.89. The number of nitrogens with two attached hydrogens (primary N) is 1. The fraction of sp³-hybridized carbons (Fsp3) is 0.583. The van der Waals surface area contributed by atoms with E-state index in [-0.39, 0.29) is 22.6 Å². The zero-order chi connectivity index (χ0) is 14.9. The Balaban J connectivity index is 2.06. The molecule has 1 aromatic rings. The standard InChI is InChI=1S/C12H19N3O4S/c1-15-7-10(5-11(15)12(13)17)20(18,19)14-6-8-2-3-9(16)4-8/h5,7-9,14,16H,2-4,6H2,1H3,(H2,13,17). The zero-order valence-electron chi connectivity index (χ0n) is 11.2. The summed E-state index contributed by atoms with van der Waals surface area (Å²) in [5.41, 5.74) is 5.30. The fourth-order valence-electron chi connectivity index (χ4n) is 2.47. The first-order valence-corrected chi connectivity index (χ1v) is 7.92. The summed E-state index contributed by atoms with van der Waals surface area (Å²) in [7, 11) is -2.10. The van der Waals surface area contributed by atoms with Crippen molar-refractivity contribution in [2.45, 2.75) is 30.3 Å². The van der Waals surface area contributed by atoms with Gasteiger partial charge in [-0.3, -0.25) is 4.79 Å². The summed E-state index contributed by atoms with van der Waals surface area (Å²) in [6.07, 6.45) is 3.16. The molecule has 2 unspecified atom stereocenters. The normalized spacial score (nSPS) is 23.1. The molecule has 1 saturated carbocycles. The molecule has 4 N–H and O–H groups in total. The Morgan fingerprint density at radius 2 is 2.25 bits per heavy atom. The van der Waals surface area contributed by atoms with Crippen molar-refractivity contribution in [2.75, 3.05) is 6.54 Å². The first-order chi connectivity index (χ1) is 9.29. The van der Waals surface area contributed by atoms with Crippen LogP contribution in [0.5, 0.6) is 0 Å². The summed E-state index contributed by atoms with van der Waals surface area (Å²) >= 11 is 0. The van der Waals surface area contributed by atoms with Crippen LogP contribution >= 0.6 is 0 Å². The molecule has 1 amide bonds. The van der Waals surface area contributed by atoms with Crippen LogP contribution in [0.2, 0.25) is 0 Å². The van der Waals surface area contributed by atoms with Gasteiger partial charge in [-0.05, 0) is 31.2 Å². The van der Waals surface area contributed by atoms with Crippen molar-refractivity contribution in [3.8, 4) is 0 Å². The van der Waals surface area contributed by atoms with E-state index in [9.17, 15) is 18.3 Å². The molecular formula is C12H19N3O4S. The van der Waals surface area contributed by atoms with Crippen LogP contribution in [0.3, 0.4) is 0 Å². The van der Waals surface area contributed by atoms with Crippen LogP contribution in [0.15, 0.2) is 17.2 Å². The number of hydrogen-bond donors (Lipinski definition) is 3. The van der Waals surface area contributed by atoms with Crippen molar-refractivity contribution in [2.24, 2.45) is 18.7 Å². The molecule has 0 aromatic carbocycles. The largest absolute Gasteiger partial charge is 0.393 e. The monoisotopic (exact) mass is 301 g/mol. The van der Waals surface area contributed by atoms with Gasteiger partial charge in [-0.25, -0.2) is 13.1 Å². The molecule has 0 spiro atoms. The van der Waals surface area contributed by atoms with Gasteiger partial charge in [0.25, 0.3) is 5.91 Å². The highest BCUT2D eigenvalue weighted by Crippen LogP contribution is 2.25. The van der Waals surface area contributed by atoms with Crippen molar-refractivity contribution in [1.82, 2.24) is 9.29 Å². The third-order valence-corrected chi connectivity index (χ3v) is 5.01. The summed E-state index contributed by atoms with van der Waals surface area (Å²) in [6, 6.07) is 1.26. The van der Waals surface area contributed by atoms with E-state index in [1.807, 2.05) is 0 Å². The first-order valence-electron chi connectivity index (χ1n) is 6.43. The predicted octanol–water partition coefficient (Wildman–Crippen LogP) is -0.437. The van der Waals surface area contributed by atoms with Gasteiger partial charge < -0.3 is 15.4 Å². The molecule has 1 aliphatic carbocycles. The van der Waals surface area contributed by atoms with Gasteiger partial charge in [0.05, 0.1) is 6.10 Å². The van der Waals surface area contributed by atoms with Gasteiger partial charge in [-0.2, -0.15) is 0 Å². The Morgan fingerprint density at radius 1 is 1.55 bits per heavy atom. The van der Waals surface area contributed by atoms with Gasteiger partial charge in [0, 0.05) is 19.8 Å². The number of aliphatic hydroxyl groups is 1. The molecule has 2 rings (SSSR count). The third kappa shape index (κ3) is 3.20. The Morgan fingerprint density at radius 3 is 2.75 bits per heavy atom. The number of aryl methyl sites for hydroxylation is 1. The summed E-state index contributed by atoms with van der Waals surface area (Å²) in [5, 5.41) is 9.41. The molecule has 1 aliphatic rings. The summed E-state index contributed by atoms with van der Waals surface area (Å²) in [4.78, 5) is 11.1. The highest BCUT2D eigenvalue weighted by Gasteiger charge is 2.25. The minimum atomic E-state index is -3.66. The van der Waals surface area contributed by atoms with Gasteiger partial charge in [-0.15, -0.1) is 0 Å². The summed E-state index contributed by atoms with van der Waals surface area (Å²) in [6.45, 7) is 0.292. The molecule has 1 fully saturated rings. The van der Waals surface area contributed by atoms with E-state index in [1.54, 1.807) is 7.05 Å². The van der Waals surface area contributed by atoms with Crippen LogP contribution in [0.25, 0.3) is 0 Å². The average Bonchev–Trinajstić information content (AvgIpc) is 2.93. The highest BCUT2D eigenvalue weighted by atomic mass is 32.2. The number of rotatable bonds is 5. The van der Waals surface area contributed by atoms with Crippen LogP contribution in [0.4, 0.5) is 0 Å². The SMILES string of the molecule is Cn1cc(S(=O)(=O)NCC2CCC(O)C2)cc1C(N)=O. The molecule has 2 atom stereocenters. The van der Waals surface area contributed by atoms with Crippen molar-refractivity contribution < 1.29 is 18.3 Å². The maximum Gasteiger partial charge on any atom is 0.265 e. The summed E-state index contributed by atoms with van der Waals surface area (Å²) in [5.74, 6) is -0.521. The predicted molar refractivity (Wildman–Crippen MR) is 72.5 cm³/mol. The van der Waals surface area contributed by atoms with E-state index in [0.29, 0.717) is 19.4 Å². The van der Waals surface area contributed by atoms with Gasteiger partial charge >= 0.3 is 0 Å². The van der Waals surface area contributed by atoms with E-state index >= 15 is 0 Å². The average molecular weight is 301 g/mol. The summed E-state index contributed by atoms with van der Waals surface area (Å²) < 4.78 is 28.1. The lowest BCUT2D eigenvalue weighted by atomic mass is 10.1. The van der Waals surface area contributed by atoms with E-state index in [2.05, 4.69) is 4.72 Å². The number of nitrogens with one attached hydrogen (secondary N) is 1. The van der Waals surface area contributed by atoms with Crippen LogP contribution < -0.4 is 10.5 Å². The number of nitrogens with zero attached hydrogens (tertiary/aromatic N) is 1. The maximum atomic E-state index is 12.1. The van der Waals surface area contributed by atoms with Gasteiger partial charge in [-0.1, -0.05) is 0 Å². The number of carbonyl (C=O) groups is 1. The first kappa shape index (κ1) is 15.0. The molecule has 20 heavy (non-hydrogen) atoms. The second-order valence-corrected chi connectivity index (χ2v) is 6.99. The molecule has 1 heterocycles. The van der Waals surface area contributed by atoms with Gasteiger partial charge in [0.2, 0.25) is 10.0 Å². The van der Waals surface area contributed by atoms with E-state index in [4.69, 9.17) is 5.73 Å². The van der Waals surface area contributed by atoms with Gasteiger partial charge in [0.15, 0.2) is 0 Å². The lowest BCUT2D eigenvalue weighted by molar-refractivity contribution is 0.0992. The third-order valence-electron chi connectivity index (χ3n) is 3.62. The Labute approximate surface area is 117 Å². The lowest BCUT2D eigenvalue weighted by Gasteiger charge is -2.10. The van der Waals surface area contributed by atoms with Crippen molar-refractivity contribution in [1.29, 1.82) is 0 Å². The van der Waals surface area contributed by atoms with E-state index in [0.717, 1.165) is 6.42 Å². The smallest absolute Gasteiger partial charge is 0.265 e. The molecule has 0 bridgehead atoms. The Hall–Kier alpha value is -1.38. The number of amides is 1. The zero-order valence-corrected chi connectivity index (χ0v) is 12.1. The minimum absolute atomic E-state index is 0.0207. The number of aromatic nitrogens is 1. The molecular weight excluding hydrogens is 282 g/mol.